The Balaban J connectivity index is 2.75. The fourth-order valence-corrected chi connectivity index (χ4v) is 1.05. The van der Waals surface area contributed by atoms with Gasteiger partial charge in [0.1, 0.15) is 0 Å². The minimum atomic E-state index is 0.0860. The lowest BCUT2D eigenvalue weighted by Crippen LogP contribution is -2.06. The summed E-state index contributed by atoms with van der Waals surface area (Å²) in [6, 6.07) is 7.69. The summed E-state index contributed by atoms with van der Waals surface area (Å²) in [6.07, 6.45) is 3.30. The average molecular weight is 241 g/mol. The molecule has 68 valence electrons. The van der Waals surface area contributed by atoms with Crippen molar-refractivity contribution in [1.29, 1.82) is 0 Å². The van der Waals surface area contributed by atoms with Gasteiger partial charge in [0.2, 0.25) is 0 Å². The number of halogens is 1. The van der Waals surface area contributed by atoms with Crippen molar-refractivity contribution in [1.82, 2.24) is 0 Å². The molecule has 0 aliphatic carbocycles. The van der Waals surface area contributed by atoms with E-state index in [-0.39, 0.29) is 5.84 Å². The molecule has 4 heteroatoms. The number of amidine groups is 1. The van der Waals surface area contributed by atoms with Crippen LogP contribution in [0.4, 0.5) is 0 Å². The predicted octanol–water partition coefficient (Wildman–Crippen LogP) is 2.21. The van der Waals surface area contributed by atoms with Crippen LogP contribution in [-0.4, -0.2) is 11.0 Å². The van der Waals surface area contributed by atoms with E-state index in [9.17, 15) is 0 Å². The summed E-state index contributed by atoms with van der Waals surface area (Å²) in [4.78, 5) is 0. The molecule has 0 aliphatic rings. The van der Waals surface area contributed by atoms with Crippen molar-refractivity contribution in [3.63, 3.8) is 0 Å². The number of nitrogens with zero attached hydrogens (tertiary/aromatic N) is 1. The van der Waals surface area contributed by atoms with Crippen molar-refractivity contribution in [2.75, 3.05) is 0 Å². The van der Waals surface area contributed by atoms with Gasteiger partial charge in [0.05, 0.1) is 0 Å². The van der Waals surface area contributed by atoms with Gasteiger partial charge in [-0.2, -0.15) is 0 Å². The maximum absolute atomic E-state index is 8.26. The van der Waals surface area contributed by atoms with Gasteiger partial charge in [-0.1, -0.05) is 39.3 Å². The highest BCUT2D eigenvalue weighted by atomic mass is 79.9. The van der Waals surface area contributed by atoms with E-state index in [1.54, 1.807) is 6.08 Å². The Bertz CT molecular complexity index is 330. The van der Waals surface area contributed by atoms with Crippen LogP contribution in [0.5, 0.6) is 0 Å². The highest BCUT2D eigenvalue weighted by Crippen LogP contribution is 2.11. The predicted molar refractivity (Wildman–Crippen MR) is 56.6 cm³/mol. The largest absolute Gasteiger partial charge is 0.409 e. The zero-order valence-electron chi connectivity index (χ0n) is 6.81. The Kier molecular flexibility index (Phi) is 3.52. The molecule has 0 bridgehead atoms. The van der Waals surface area contributed by atoms with Gasteiger partial charge in [-0.05, 0) is 23.8 Å². The Morgan fingerprint density at radius 3 is 2.54 bits per heavy atom. The summed E-state index contributed by atoms with van der Waals surface area (Å²) < 4.78 is 1.02. The first kappa shape index (κ1) is 9.80. The molecule has 1 rings (SSSR count). The molecule has 3 N–H and O–H groups in total. The second-order valence-electron chi connectivity index (χ2n) is 2.41. The van der Waals surface area contributed by atoms with E-state index < -0.39 is 0 Å². The molecule has 0 unspecified atom stereocenters. The quantitative estimate of drug-likeness (QED) is 0.361. The molecule has 0 spiro atoms. The summed E-state index contributed by atoms with van der Waals surface area (Å²) in [5.74, 6) is 0.0860. The Hall–Kier alpha value is -1.29. The number of rotatable bonds is 2. The fourth-order valence-electron chi connectivity index (χ4n) is 0.789. The minimum Gasteiger partial charge on any atom is -0.409 e. The van der Waals surface area contributed by atoms with Gasteiger partial charge < -0.3 is 10.9 Å². The van der Waals surface area contributed by atoms with Crippen LogP contribution in [0, 0.1) is 0 Å². The van der Waals surface area contributed by atoms with Crippen LogP contribution >= 0.6 is 15.9 Å². The zero-order valence-corrected chi connectivity index (χ0v) is 8.40. The summed E-state index contributed by atoms with van der Waals surface area (Å²) >= 11 is 3.33. The molecule has 0 saturated carbocycles. The summed E-state index contributed by atoms with van der Waals surface area (Å²) in [6.45, 7) is 0. The molecule has 0 saturated heterocycles. The van der Waals surface area contributed by atoms with Crippen molar-refractivity contribution < 1.29 is 5.21 Å². The molecule has 0 radical (unpaired) electrons. The van der Waals surface area contributed by atoms with E-state index >= 15 is 0 Å². The molecule has 0 heterocycles. The molecule has 0 aromatic heterocycles. The van der Waals surface area contributed by atoms with Crippen LogP contribution in [-0.2, 0) is 0 Å². The van der Waals surface area contributed by atoms with Crippen LogP contribution in [0.2, 0.25) is 0 Å². The van der Waals surface area contributed by atoms with Gasteiger partial charge in [0.25, 0.3) is 0 Å². The summed E-state index contributed by atoms with van der Waals surface area (Å²) in [5.41, 5.74) is 6.25. The van der Waals surface area contributed by atoms with E-state index in [2.05, 4.69) is 21.1 Å². The number of oxime groups is 1. The minimum absolute atomic E-state index is 0.0860. The van der Waals surface area contributed by atoms with Gasteiger partial charge >= 0.3 is 0 Å². The molecule has 1 aromatic carbocycles. The SMILES string of the molecule is NC(/C=C/c1ccc(Br)cc1)=NO. The number of nitrogens with two attached hydrogens (primary N) is 1. The van der Waals surface area contributed by atoms with E-state index in [4.69, 9.17) is 10.9 Å². The number of hydrogen-bond acceptors (Lipinski definition) is 2. The lowest BCUT2D eigenvalue weighted by atomic mass is 10.2. The Morgan fingerprint density at radius 1 is 1.38 bits per heavy atom. The maximum Gasteiger partial charge on any atom is 0.162 e. The van der Waals surface area contributed by atoms with Crippen molar-refractivity contribution >= 4 is 27.8 Å². The second kappa shape index (κ2) is 4.67. The number of hydrogen-bond donors (Lipinski definition) is 2. The molecule has 0 aliphatic heterocycles. The smallest absolute Gasteiger partial charge is 0.162 e. The Morgan fingerprint density at radius 2 is 2.00 bits per heavy atom. The van der Waals surface area contributed by atoms with E-state index in [1.807, 2.05) is 24.3 Å². The van der Waals surface area contributed by atoms with Gasteiger partial charge in [-0.3, -0.25) is 0 Å². The monoisotopic (exact) mass is 240 g/mol. The van der Waals surface area contributed by atoms with Crippen molar-refractivity contribution in [3.8, 4) is 0 Å². The van der Waals surface area contributed by atoms with Crippen LogP contribution in [0.15, 0.2) is 40.0 Å². The van der Waals surface area contributed by atoms with Gasteiger partial charge in [-0.15, -0.1) is 0 Å². The van der Waals surface area contributed by atoms with Crippen molar-refractivity contribution in [3.05, 3.63) is 40.4 Å². The van der Waals surface area contributed by atoms with Gasteiger partial charge in [-0.25, -0.2) is 0 Å². The maximum atomic E-state index is 8.26. The standard InChI is InChI=1S/C9H9BrN2O/c10-8-4-1-7(2-5-8)3-6-9(11)12-13/h1-6,13H,(H2,11,12)/b6-3+. The first-order valence-electron chi connectivity index (χ1n) is 3.63. The fraction of sp³-hybridized carbons (Fsp3) is 0. The van der Waals surface area contributed by atoms with Crippen LogP contribution in [0.25, 0.3) is 6.08 Å². The second-order valence-corrected chi connectivity index (χ2v) is 3.33. The van der Waals surface area contributed by atoms with Crippen LogP contribution in [0.3, 0.4) is 0 Å². The third-order valence-corrected chi connectivity index (χ3v) is 1.96. The molecule has 0 atom stereocenters. The van der Waals surface area contributed by atoms with E-state index in [1.165, 1.54) is 6.08 Å². The molecular weight excluding hydrogens is 232 g/mol. The van der Waals surface area contributed by atoms with Crippen LogP contribution < -0.4 is 5.73 Å². The normalized spacial score (nSPS) is 12.2. The highest BCUT2D eigenvalue weighted by Gasteiger charge is 1.88. The molecule has 13 heavy (non-hydrogen) atoms. The van der Waals surface area contributed by atoms with Crippen molar-refractivity contribution in [2.45, 2.75) is 0 Å². The van der Waals surface area contributed by atoms with Crippen LogP contribution in [0.1, 0.15) is 5.56 Å². The highest BCUT2D eigenvalue weighted by molar-refractivity contribution is 9.10. The topological polar surface area (TPSA) is 58.6 Å². The summed E-state index contributed by atoms with van der Waals surface area (Å²) in [7, 11) is 0. The molecule has 1 aromatic rings. The lowest BCUT2D eigenvalue weighted by Gasteiger charge is -1.92. The van der Waals surface area contributed by atoms with Crippen molar-refractivity contribution in [2.24, 2.45) is 10.9 Å². The first-order valence-corrected chi connectivity index (χ1v) is 4.43. The molecular formula is C9H9BrN2O. The van der Waals surface area contributed by atoms with E-state index in [0.717, 1.165) is 10.0 Å². The zero-order chi connectivity index (χ0) is 9.68. The first-order chi connectivity index (χ1) is 6.22. The van der Waals surface area contributed by atoms with Gasteiger partial charge in [0.15, 0.2) is 5.84 Å². The Labute approximate surface area is 84.7 Å². The molecule has 3 nitrogen and oxygen atoms in total. The molecule has 0 fully saturated rings. The summed E-state index contributed by atoms with van der Waals surface area (Å²) in [5, 5.41) is 11.1. The average Bonchev–Trinajstić information content (AvgIpc) is 2.16. The third kappa shape index (κ3) is 3.29. The molecule has 0 amide bonds. The van der Waals surface area contributed by atoms with Gasteiger partial charge in [0, 0.05) is 4.47 Å². The van der Waals surface area contributed by atoms with E-state index in [0.29, 0.717) is 0 Å². The number of benzene rings is 1. The lowest BCUT2D eigenvalue weighted by molar-refractivity contribution is 0.319. The third-order valence-electron chi connectivity index (χ3n) is 1.43.